The van der Waals surface area contributed by atoms with Crippen LogP contribution in [0.15, 0.2) is 28.7 Å². The normalized spacial score (nSPS) is 13.3. The summed E-state index contributed by atoms with van der Waals surface area (Å²) in [6.07, 6.45) is 0.698. The number of carboxylic acid groups (broad SMARTS) is 1. The lowest BCUT2D eigenvalue weighted by Crippen LogP contribution is -2.46. The summed E-state index contributed by atoms with van der Waals surface area (Å²) in [5, 5.41) is 20.5. The molecule has 116 valence electrons. The number of amides is 1. The van der Waals surface area contributed by atoms with Crippen LogP contribution in [0.5, 0.6) is 5.75 Å². The second-order valence-corrected chi connectivity index (χ2v) is 5.68. The standard InChI is InChI=1S/C14H18BrNO5/c1-14(20,13(18)19)9-16-12(17)3-2-8-21-11-6-4-10(15)5-7-11/h4-7,20H,2-3,8-9H2,1H3,(H,16,17)(H,18,19). The third-order valence-electron chi connectivity index (χ3n) is 2.72. The number of hydrogen-bond donors (Lipinski definition) is 3. The number of halogens is 1. The first-order chi connectivity index (χ1) is 9.81. The molecule has 0 fully saturated rings. The molecule has 0 saturated heterocycles. The van der Waals surface area contributed by atoms with E-state index in [4.69, 9.17) is 9.84 Å². The summed E-state index contributed by atoms with van der Waals surface area (Å²) in [4.78, 5) is 22.1. The maximum absolute atomic E-state index is 11.5. The Kier molecular flexibility index (Phi) is 6.64. The molecule has 1 aromatic rings. The number of carboxylic acids is 1. The highest BCUT2D eigenvalue weighted by Gasteiger charge is 2.30. The molecule has 0 aliphatic heterocycles. The Morgan fingerprint density at radius 2 is 1.95 bits per heavy atom. The van der Waals surface area contributed by atoms with Crippen molar-refractivity contribution in [1.29, 1.82) is 0 Å². The first-order valence-corrected chi connectivity index (χ1v) is 7.21. The van der Waals surface area contributed by atoms with Gasteiger partial charge in [0.15, 0.2) is 5.60 Å². The molecule has 0 spiro atoms. The molecular weight excluding hydrogens is 342 g/mol. The van der Waals surface area contributed by atoms with Gasteiger partial charge < -0.3 is 20.3 Å². The summed E-state index contributed by atoms with van der Waals surface area (Å²) in [5.74, 6) is -0.982. The molecule has 0 aliphatic rings. The van der Waals surface area contributed by atoms with Crippen LogP contribution in [0.2, 0.25) is 0 Å². The van der Waals surface area contributed by atoms with Gasteiger partial charge in [-0.15, -0.1) is 0 Å². The van der Waals surface area contributed by atoms with Crippen molar-refractivity contribution in [2.75, 3.05) is 13.2 Å². The van der Waals surface area contributed by atoms with Crippen LogP contribution in [0.4, 0.5) is 0 Å². The molecule has 1 unspecified atom stereocenters. The summed E-state index contributed by atoms with van der Waals surface area (Å²) in [5.41, 5.74) is -1.95. The van der Waals surface area contributed by atoms with E-state index in [1.165, 1.54) is 0 Å². The third kappa shape index (κ3) is 6.59. The minimum atomic E-state index is -1.95. The Balaban J connectivity index is 2.19. The first kappa shape index (κ1) is 17.5. The molecule has 0 heterocycles. The highest BCUT2D eigenvalue weighted by molar-refractivity contribution is 9.10. The predicted molar refractivity (Wildman–Crippen MR) is 80.1 cm³/mol. The minimum absolute atomic E-state index is 0.201. The van der Waals surface area contributed by atoms with Gasteiger partial charge in [-0.25, -0.2) is 4.79 Å². The summed E-state index contributed by atoms with van der Waals surface area (Å²) in [6, 6.07) is 7.34. The van der Waals surface area contributed by atoms with Gasteiger partial charge in [0.25, 0.3) is 0 Å². The largest absolute Gasteiger partial charge is 0.494 e. The lowest BCUT2D eigenvalue weighted by molar-refractivity contribution is -0.156. The summed E-state index contributed by atoms with van der Waals surface area (Å²) >= 11 is 3.32. The number of hydrogen-bond acceptors (Lipinski definition) is 4. The number of ether oxygens (including phenoxy) is 1. The molecule has 0 aromatic heterocycles. The highest BCUT2D eigenvalue weighted by Crippen LogP contribution is 2.16. The quantitative estimate of drug-likeness (QED) is 0.612. The van der Waals surface area contributed by atoms with Gasteiger partial charge in [0.05, 0.1) is 13.2 Å². The van der Waals surface area contributed by atoms with E-state index in [0.29, 0.717) is 18.8 Å². The number of benzene rings is 1. The smallest absolute Gasteiger partial charge is 0.337 e. The van der Waals surface area contributed by atoms with Gasteiger partial charge >= 0.3 is 5.97 Å². The molecule has 0 aliphatic carbocycles. The number of aliphatic hydroxyl groups is 1. The van der Waals surface area contributed by atoms with E-state index in [1.54, 1.807) is 0 Å². The van der Waals surface area contributed by atoms with Gasteiger partial charge in [0, 0.05) is 10.9 Å². The predicted octanol–water partition coefficient (Wildman–Crippen LogP) is 1.56. The van der Waals surface area contributed by atoms with Crippen molar-refractivity contribution >= 4 is 27.8 Å². The van der Waals surface area contributed by atoms with E-state index in [1.807, 2.05) is 24.3 Å². The van der Waals surface area contributed by atoms with E-state index < -0.39 is 11.6 Å². The molecule has 1 atom stereocenters. The molecule has 1 rings (SSSR count). The fourth-order valence-electron chi connectivity index (χ4n) is 1.39. The van der Waals surface area contributed by atoms with Crippen LogP contribution in [0, 0.1) is 0 Å². The summed E-state index contributed by atoms with van der Waals surface area (Å²) in [7, 11) is 0. The van der Waals surface area contributed by atoms with Crippen molar-refractivity contribution in [3.05, 3.63) is 28.7 Å². The minimum Gasteiger partial charge on any atom is -0.494 e. The van der Waals surface area contributed by atoms with Gasteiger partial charge in [-0.05, 0) is 37.6 Å². The zero-order chi connectivity index (χ0) is 15.9. The fourth-order valence-corrected chi connectivity index (χ4v) is 1.65. The SMILES string of the molecule is CC(O)(CNC(=O)CCCOc1ccc(Br)cc1)C(=O)O. The number of rotatable bonds is 8. The van der Waals surface area contributed by atoms with Crippen molar-refractivity contribution in [2.24, 2.45) is 0 Å². The molecule has 1 amide bonds. The summed E-state index contributed by atoms with van der Waals surface area (Å²) < 4.78 is 6.41. The van der Waals surface area contributed by atoms with Crippen LogP contribution in [-0.2, 0) is 9.59 Å². The van der Waals surface area contributed by atoms with Crippen LogP contribution in [0.1, 0.15) is 19.8 Å². The zero-order valence-corrected chi connectivity index (χ0v) is 13.2. The monoisotopic (exact) mass is 359 g/mol. The summed E-state index contributed by atoms with van der Waals surface area (Å²) in [6.45, 7) is 1.19. The second kappa shape index (κ2) is 7.99. The van der Waals surface area contributed by atoms with Crippen LogP contribution in [0.3, 0.4) is 0 Å². The van der Waals surface area contributed by atoms with Crippen molar-refractivity contribution in [3.8, 4) is 5.75 Å². The number of carbonyl (C=O) groups is 2. The zero-order valence-electron chi connectivity index (χ0n) is 11.6. The van der Waals surface area contributed by atoms with Crippen LogP contribution in [-0.4, -0.2) is 40.8 Å². The Hall–Kier alpha value is -1.60. The molecule has 7 heteroatoms. The van der Waals surface area contributed by atoms with Gasteiger partial charge in [-0.3, -0.25) is 4.79 Å². The van der Waals surface area contributed by atoms with Crippen molar-refractivity contribution in [1.82, 2.24) is 5.32 Å². The molecule has 6 nitrogen and oxygen atoms in total. The Labute approximate surface area is 131 Å². The van der Waals surface area contributed by atoms with Crippen molar-refractivity contribution < 1.29 is 24.5 Å². The number of aliphatic carboxylic acids is 1. The number of nitrogens with one attached hydrogen (secondary N) is 1. The maximum Gasteiger partial charge on any atom is 0.337 e. The van der Waals surface area contributed by atoms with Gasteiger partial charge in [-0.1, -0.05) is 15.9 Å². The molecule has 0 radical (unpaired) electrons. The first-order valence-electron chi connectivity index (χ1n) is 6.42. The van der Waals surface area contributed by atoms with Crippen molar-refractivity contribution in [2.45, 2.75) is 25.4 Å². The molecule has 0 bridgehead atoms. The van der Waals surface area contributed by atoms with E-state index >= 15 is 0 Å². The second-order valence-electron chi connectivity index (χ2n) is 4.76. The Morgan fingerprint density at radius 1 is 1.33 bits per heavy atom. The Morgan fingerprint density at radius 3 is 2.52 bits per heavy atom. The van der Waals surface area contributed by atoms with E-state index in [0.717, 1.165) is 11.4 Å². The fraction of sp³-hybridized carbons (Fsp3) is 0.429. The lowest BCUT2D eigenvalue weighted by atomic mass is 10.1. The van der Waals surface area contributed by atoms with E-state index in [2.05, 4.69) is 21.2 Å². The highest BCUT2D eigenvalue weighted by atomic mass is 79.9. The Bertz CT molecular complexity index is 487. The van der Waals surface area contributed by atoms with E-state index in [9.17, 15) is 14.7 Å². The lowest BCUT2D eigenvalue weighted by Gasteiger charge is -2.18. The van der Waals surface area contributed by atoms with Crippen molar-refractivity contribution in [3.63, 3.8) is 0 Å². The van der Waals surface area contributed by atoms with E-state index in [-0.39, 0.29) is 18.9 Å². The molecule has 3 N–H and O–H groups in total. The topological polar surface area (TPSA) is 95.9 Å². The van der Waals surface area contributed by atoms with Crippen LogP contribution < -0.4 is 10.1 Å². The third-order valence-corrected chi connectivity index (χ3v) is 3.25. The average molecular weight is 360 g/mol. The van der Waals surface area contributed by atoms with Crippen LogP contribution >= 0.6 is 15.9 Å². The van der Waals surface area contributed by atoms with Crippen LogP contribution in [0.25, 0.3) is 0 Å². The molecular formula is C14H18BrNO5. The maximum atomic E-state index is 11.5. The number of carbonyl (C=O) groups excluding carboxylic acids is 1. The molecule has 0 saturated carbocycles. The molecule has 1 aromatic carbocycles. The molecule has 21 heavy (non-hydrogen) atoms. The van der Waals surface area contributed by atoms with Gasteiger partial charge in [0.1, 0.15) is 5.75 Å². The van der Waals surface area contributed by atoms with Gasteiger partial charge in [-0.2, -0.15) is 0 Å². The van der Waals surface area contributed by atoms with Gasteiger partial charge in [0.2, 0.25) is 5.91 Å². The average Bonchev–Trinajstić information content (AvgIpc) is 2.43.